The molecule has 0 saturated carbocycles. The van der Waals surface area contributed by atoms with Crippen LogP contribution in [-0.4, -0.2) is 32.0 Å². The van der Waals surface area contributed by atoms with E-state index in [-0.39, 0.29) is 0 Å². The van der Waals surface area contributed by atoms with Gasteiger partial charge in [-0.15, -0.1) is 3.97 Å². The molecule has 0 rings (SSSR count). The third-order valence-corrected chi connectivity index (χ3v) is 8.19. The second-order valence-electron chi connectivity index (χ2n) is 5.29. The molecule has 0 spiro atoms. The first-order chi connectivity index (χ1) is 8.83. The van der Waals surface area contributed by atoms with Crippen LogP contribution in [0, 0.1) is 0 Å². The van der Waals surface area contributed by atoms with Gasteiger partial charge in [-0.3, -0.25) is 0 Å². The van der Waals surface area contributed by atoms with Crippen LogP contribution in [0.2, 0.25) is 0 Å². The maximum absolute atomic E-state index is 10.7. The first-order valence-corrected chi connectivity index (χ1v) is 11.2. The van der Waals surface area contributed by atoms with Gasteiger partial charge in [0.15, 0.2) is 7.49 Å². The molecule has 0 amide bonds. The Bertz CT molecular complexity index is 319. The Labute approximate surface area is 119 Å². The molecule has 0 aromatic carbocycles. The van der Waals surface area contributed by atoms with Crippen molar-refractivity contribution in [3.05, 3.63) is 0 Å². The first kappa shape index (κ1) is 19.3. The highest BCUT2D eigenvalue weighted by Gasteiger charge is 2.34. The summed E-state index contributed by atoms with van der Waals surface area (Å²) in [5.74, 6) is 0. The predicted molar refractivity (Wildman–Crippen MR) is 81.6 cm³/mol. The molecule has 0 aliphatic carbocycles. The third-order valence-electron chi connectivity index (χ3n) is 3.42. The van der Waals surface area contributed by atoms with Gasteiger partial charge in [-0.05, 0) is 19.8 Å². The Morgan fingerprint density at radius 1 is 0.947 bits per heavy atom. The summed E-state index contributed by atoms with van der Waals surface area (Å²) in [5.41, 5.74) is 0. The van der Waals surface area contributed by atoms with Crippen LogP contribution in [0.3, 0.4) is 0 Å². The van der Waals surface area contributed by atoms with Crippen LogP contribution in [0.25, 0.3) is 0 Å². The fourth-order valence-corrected chi connectivity index (χ4v) is 5.74. The largest absolute Gasteiger partial charge is 0.723 e. The molecule has 116 valence electrons. The maximum atomic E-state index is 10.7. The topological polar surface area (TPSA) is 66.4 Å². The zero-order chi connectivity index (χ0) is 14.8. The highest BCUT2D eigenvalue weighted by Crippen LogP contribution is 2.57. The molecule has 0 aromatic heterocycles. The van der Waals surface area contributed by atoms with E-state index in [4.69, 9.17) is 3.97 Å². The van der Waals surface area contributed by atoms with Gasteiger partial charge in [0.05, 0.1) is 19.0 Å². The Balaban J connectivity index is 3.72. The van der Waals surface area contributed by atoms with Crippen molar-refractivity contribution in [2.24, 2.45) is 0 Å². The molecule has 0 heterocycles. The zero-order valence-corrected chi connectivity index (χ0v) is 14.3. The summed E-state index contributed by atoms with van der Waals surface area (Å²) in [6, 6.07) is 0. The average Bonchev–Trinajstić information content (AvgIpc) is 2.30. The van der Waals surface area contributed by atoms with E-state index >= 15 is 0 Å². The van der Waals surface area contributed by atoms with Crippen LogP contribution in [0.4, 0.5) is 0 Å². The molecule has 1 unspecified atom stereocenters. The van der Waals surface area contributed by atoms with E-state index in [1.165, 1.54) is 38.5 Å². The molecule has 1 atom stereocenters. The van der Waals surface area contributed by atoms with Gasteiger partial charge < -0.3 is 4.55 Å². The molecule has 6 heteroatoms. The molecule has 0 aliphatic heterocycles. The lowest BCUT2D eigenvalue weighted by molar-refractivity contribution is 0.381. The van der Waals surface area contributed by atoms with Crippen LogP contribution in [0.1, 0.15) is 65.2 Å². The minimum Gasteiger partial charge on any atom is -0.723 e. The predicted octanol–water partition coefficient (Wildman–Crippen LogP) is 4.19. The monoisotopic (exact) mass is 312 g/mol. The van der Waals surface area contributed by atoms with Gasteiger partial charge in [-0.1, -0.05) is 45.4 Å². The molecule has 0 aliphatic rings. The van der Waals surface area contributed by atoms with Crippen molar-refractivity contribution in [3.63, 3.8) is 0 Å². The fourth-order valence-electron chi connectivity index (χ4n) is 2.05. The fraction of sp³-hybridized carbons (Fsp3) is 1.00. The Morgan fingerprint density at radius 2 is 1.42 bits per heavy atom. The number of unbranched alkanes of at least 4 members (excludes halogenated alkanes) is 7. The van der Waals surface area contributed by atoms with Gasteiger partial charge in [-0.2, -0.15) is 0 Å². The van der Waals surface area contributed by atoms with Crippen molar-refractivity contribution in [1.29, 1.82) is 0 Å². The maximum Gasteiger partial charge on any atom is 0.252 e. The van der Waals surface area contributed by atoms with Gasteiger partial charge in [0.2, 0.25) is 0 Å². The highest BCUT2D eigenvalue weighted by atomic mass is 32.3. The number of hydrogen-bond acceptors (Lipinski definition) is 4. The van der Waals surface area contributed by atoms with Gasteiger partial charge in [0.1, 0.15) is 0 Å². The molecule has 19 heavy (non-hydrogen) atoms. The molecular weight excluding hydrogens is 283 g/mol. The van der Waals surface area contributed by atoms with E-state index in [0.717, 1.165) is 19.0 Å². The molecular formula is C13H29O4PS. The Morgan fingerprint density at radius 3 is 1.84 bits per heavy atom. The van der Waals surface area contributed by atoms with E-state index in [0.29, 0.717) is 6.16 Å². The minimum absolute atomic E-state index is 0.644. The van der Waals surface area contributed by atoms with Crippen molar-refractivity contribution in [2.45, 2.75) is 65.2 Å². The van der Waals surface area contributed by atoms with Crippen LogP contribution in [-0.2, 0) is 14.4 Å². The molecule has 0 bridgehead atoms. The van der Waals surface area contributed by atoms with Crippen LogP contribution in [0.5, 0.6) is 0 Å². The summed E-state index contributed by atoms with van der Waals surface area (Å²) in [7, 11) is -6.59. The molecule has 0 fully saturated rings. The van der Waals surface area contributed by atoms with Gasteiger partial charge in [0, 0.05) is 0 Å². The molecule has 0 N–H and O–H groups in total. The van der Waals surface area contributed by atoms with Crippen molar-refractivity contribution >= 4 is 17.9 Å². The van der Waals surface area contributed by atoms with Gasteiger partial charge in [0.25, 0.3) is 10.4 Å². The van der Waals surface area contributed by atoms with Crippen LogP contribution >= 0.6 is 7.49 Å². The second-order valence-corrected chi connectivity index (χ2v) is 10.4. The molecule has 0 saturated heterocycles. The van der Waals surface area contributed by atoms with Crippen LogP contribution in [0.15, 0.2) is 0 Å². The van der Waals surface area contributed by atoms with E-state index in [2.05, 4.69) is 6.92 Å². The summed E-state index contributed by atoms with van der Waals surface area (Å²) in [4.78, 5) is 0. The number of hydrogen-bond donors (Lipinski definition) is 0. The van der Waals surface area contributed by atoms with Crippen molar-refractivity contribution in [2.75, 3.05) is 19.0 Å². The van der Waals surface area contributed by atoms with Crippen molar-refractivity contribution in [1.82, 2.24) is 0 Å². The van der Waals surface area contributed by atoms with Gasteiger partial charge >= 0.3 is 0 Å². The first-order valence-electron chi connectivity index (χ1n) is 7.34. The normalized spacial score (nSPS) is 15.4. The molecule has 4 nitrogen and oxygen atoms in total. The molecule has 0 aromatic rings. The average molecular weight is 312 g/mol. The lowest BCUT2D eigenvalue weighted by Gasteiger charge is -2.20. The zero-order valence-electron chi connectivity index (χ0n) is 12.6. The Kier molecular flexibility index (Phi) is 10.2. The van der Waals surface area contributed by atoms with Crippen molar-refractivity contribution < 1.29 is 16.9 Å². The third kappa shape index (κ3) is 11.8. The summed E-state index contributed by atoms with van der Waals surface area (Å²) in [5, 5.41) is 0. The molecule has 0 radical (unpaired) electrons. The standard InChI is InChI=1S/C13H29O4PS/c1-4-6-7-8-9-10-11-12-13-18(3,5-2)17-19(14,15)16/h4-13H2,1-3H3. The second kappa shape index (κ2) is 10.1. The number of rotatable bonds is 12. The van der Waals surface area contributed by atoms with E-state index in [9.17, 15) is 13.0 Å². The summed E-state index contributed by atoms with van der Waals surface area (Å²) in [6.45, 7) is 5.91. The van der Waals surface area contributed by atoms with E-state index < -0.39 is 17.9 Å². The Hall–Kier alpha value is 0.300. The minimum atomic E-state index is -4.55. The smallest absolute Gasteiger partial charge is 0.252 e. The van der Waals surface area contributed by atoms with Crippen LogP contribution < -0.4 is 0 Å². The lowest BCUT2D eigenvalue weighted by Crippen LogP contribution is -2.11. The highest BCUT2D eigenvalue weighted by molar-refractivity contribution is 7.89. The summed E-state index contributed by atoms with van der Waals surface area (Å²) < 4.78 is 36.8. The SMILES string of the molecule is CCCCCCCCCC[P+](C)(CC)OS(=O)(=O)[O-]. The lowest BCUT2D eigenvalue weighted by atomic mass is 10.1. The summed E-state index contributed by atoms with van der Waals surface area (Å²) >= 11 is 0. The quantitative estimate of drug-likeness (QED) is 0.234. The van der Waals surface area contributed by atoms with Crippen molar-refractivity contribution in [3.8, 4) is 0 Å². The van der Waals surface area contributed by atoms with E-state index in [1.807, 2.05) is 13.6 Å². The van der Waals surface area contributed by atoms with E-state index in [1.54, 1.807) is 0 Å². The summed E-state index contributed by atoms with van der Waals surface area (Å²) in [6.07, 6.45) is 11.1. The van der Waals surface area contributed by atoms with Gasteiger partial charge in [-0.25, -0.2) is 8.42 Å².